The third-order valence-corrected chi connectivity index (χ3v) is 3.90. The van der Waals surface area contributed by atoms with E-state index in [1.54, 1.807) is 10.9 Å². The molecule has 2 amide bonds. The van der Waals surface area contributed by atoms with Gasteiger partial charge in [0, 0.05) is 24.9 Å². The number of nitrogens with two attached hydrogens (primary N) is 1. The number of ether oxygens (including phenoxy) is 1. The van der Waals surface area contributed by atoms with Crippen molar-refractivity contribution >= 4 is 23.2 Å². The molecule has 0 aliphatic carbocycles. The van der Waals surface area contributed by atoms with Crippen molar-refractivity contribution in [2.24, 2.45) is 5.73 Å². The van der Waals surface area contributed by atoms with Gasteiger partial charge in [0.05, 0.1) is 31.8 Å². The van der Waals surface area contributed by atoms with Crippen molar-refractivity contribution in [1.29, 1.82) is 0 Å². The van der Waals surface area contributed by atoms with Gasteiger partial charge < -0.3 is 25.8 Å². The van der Waals surface area contributed by atoms with Crippen molar-refractivity contribution in [3.05, 3.63) is 16.6 Å². The minimum absolute atomic E-state index is 0.0181. The highest BCUT2D eigenvalue weighted by Crippen LogP contribution is 2.13. The second-order valence-corrected chi connectivity index (χ2v) is 5.91. The van der Waals surface area contributed by atoms with E-state index in [-0.39, 0.29) is 44.5 Å². The zero-order chi connectivity index (χ0) is 16.0. The molecule has 1 aromatic heterocycles. The molecule has 0 unspecified atom stereocenters. The summed E-state index contributed by atoms with van der Waals surface area (Å²) in [5.74, 6) is -0.490. The van der Waals surface area contributed by atoms with Gasteiger partial charge >= 0.3 is 0 Å². The van der Waals surface area contributed by atoms with Gasteiger partial charge in [-0.2, -0.15) is 0 Å². The molecule has 1 aliphatic rings. The van der Waals surface area contributed by atoms with Gasteiger partial charge in [0.1, 0.15) is 11.3 Å². The molecule has 2 heterocycles. The molecule has 0 saturated carbocycles. The first-order valence-corrected chi connectivity index (χ1v) is 7.93. The number of hydrogen-bond donors (Lipinski definition) is 3. The molecule has 1 fully saturated rings. The summed E-state index contributed by atoms with van der Waals surface area (Å²) in [4.78, 5) is 29.3. The van der Waals surface area contributed by atoms with E-state index in [1.165, 1.54) is 16.2 Å². The van der Waals surface area contributed by atoms with Crippen LogP contribution in [-0.4, -0.2) is 71.8 Å². The lowest BCUT2D eigenvalue weighted by Crippen LogP contribution is -2.53. The summed E-state index contributed by atoms with van der Waals surface area (Å²) in [6.07, 6.45) is 0.223. The summed E-state index contributed by atoms with van der Waals surface area (Å²) >= 11 is 1.32. The van der Waals surface area contributed by atoms with Crippen LogP contribution < -0.4 is 11.1 Å². The maximum atomic E-state index is 11.9. The molecule has 9 heteroatoms. The lowest BCUT2D eigenvalue weighted by molar-refractivity contribution is -0.133. The van der Waals surface area contributed by atoms with Gasteiger partial charge in [0.15, 0.2) is 0 Å². The predicted molar refractivity (Wildman–Crippen MR) is 80.5 cm³/mol. The summed E-state index contributed by atoms with van der Waals surface area (Å²) in [7, 11) is 0. The van der Waals surface area contributed by atoms with E-state index < -0.39 is 5.60 Å². The summed E-state index contributed by atoms with van der Waals surface area (Å²) < 4.78 is 5.35. The van der Waals surface area contributed by atoms with Crippen molar-refractivity contribution in [3.8, 4) is 0 Å². The molecule has 1 aromatic rings. The number of aliphatic hydroxyl groups is 1. The van der Waals surface area contributed by atoms with Crippen LogP contribution in [0.25, 0.3) is 0 Å². The molecular weight excluding hydrogens is 308 g/mol. The molecule has 0 aromatic carbocycles. The van der Waals surface area contributed by atoms with Crippen LogP contribution in [0.15, 0.2) is 10.9 Å². The van der Waals surface area contributed by atoms with Crippen LogP contribution in [0, 0.1) is 0 Å². The first kappa shape index (κ1) is 16.8. The van der Waals surface area contributed by atoms with E-state index in [0.717, 1.165) is 0 Å². The highest BCUT2D eigenvalue weighted by Gasteiger charge is 2.34. The Morgan fingerprint density at radius 2 is 2.41 bits per heavy atom. The Labute approximate surface area is 132 Å². The van der Waals surface area contributed by atoms with Crippen LogP contribution in [0.1, 0.15) is 16.9 Å². The standard InChI is InChI=1S/C13H20N4O4S/c14-2-1-11(18)17-3-4-21-8-13(20,7-17)6-15-12(19)10-5-22-9-16-10/h5,9,20H,1-4,6-8,14H2,(H,15,19)/t13-/m1/s1. The van der Waals surface area contributed by atoms with Crippen molar-refractivity contribution in [3.63, 3.8) is 0 Å². The zero-order valence-corrected chi connectivity index (χ0v) is 13.0. The number of aromatic nitrogens is 1. The molecule has 122 valence electrons. The minimum atomic E-state index is -1.33. The first-order chi connectivity index (χ1) is 10.5. The quantitative estimate of drug-likeness (QED) is 0.626. The molecule has 2 rings (SSSR count). The number of carbonyl (C=O) groups excluding carboxylic acids is 2. The number of nitrogens with one attached hydrogen (secondary N) is 1. The SMILES string of the molecule is NCCC(=O)N1CCOC[C@@](O)(CNC(=O)c2cscn2)C1. The number of hydrogen-bond acceptors (Lipinski definition) is 7. The van der Waals surface area contributed by atoms with Crippen LogP contribution in [0.5, 0.6) is 0 Å². The van der Waals surface area contributed by atoms with E-state index in [9.17, 15) is 14.7 Å². The van der Waals surface area contributed by atoms with E-state index in [1.807, 2.05) is 0 Å². The number of nitrogens with zero attached hydrogens (tertiary/aromatic N) is 2. The van der Waals surface area contributed by atoms with Crippen LogP contribution >= 0.6 is 11.3 Å². The molecule has 4 N–H and O–H groups in total. The second-order valence-electron chi connectivity index (χ2n) is 5.19. The second kappa shape index (κ2) is 7.63. The predicted octanol–water partition coefficient (Wildman–Crippen LogP) is -1.19. The van der Waals surface area contributed by atoms with E-state index in [0.29, 0.717) is 18.8 Å². The van der Waals surface area contributed by atoms with Gasteiger partial charge in [-0.05, 0) is 0 Å². The Balaban J connectivity index is 1.94. The molecule has 8 nitrogen and oxygen atoms in total. The molecule has 0 spiro atoms. The number of carbonyl (C=O) groups is 2. The van der Waals surface area contributed by atoms with Crippen LogP contribution in [0.4, 0.5) is 0 Å². The van der Waals surface area contributed by atoms with Crippen LogP contribution in [0.3, 0.4) is 0 Å². The Hall–Kier alpha value is -1.55. The lowest BCUT2D eigenvalue weighted by atomic mass is 10.0. The fraction of sp³-hybridized carbons (Fsp3) is 0.615. The van der Waals surface area contributed by atoms with Gasteiger partial charge in [-0.3, -0.25) is 9.59 Å². The average molecular weight is 328 g/mol. The molecule has 0 radical (unpaired) electrons. The van der Waals surface area contributed by atoms with Crippen LogP contribution in [0.2, 0.25) is 0 Å². The normalized spacial score (nSPS) is 22.2. The van der Waals surface area contributed by atoms with Crippen molar-refractivity contribution in [2.45, 2.75) is 12.0 Å². The van der Waals surface area contributed by atoms with Crippen molar-refractivity contribution in [1.82, 2.24) is 15.2 Å². The van der Waals surface area contributed by atoms with Gasteiger partial charge in [-0.15, -0.1) is 11.3 Å². The highest BCUT2D eigenvalue weighted by atomic mass is 32.1. The number of amides is 2. The van der Waals surface area contributed by atoms with Crippen molar-refractivity contribution in [2.75, 3.05) is 39.4 Å². The van der Waals surface area contributed by atoms with Gasteiger partial charge in [-0.1, -0.05) is 0 Å². The zero-order valence-electron chi connectivity index (χ0n) is 12.2. The summed E-state index contributed by atoms with van der Waals surface area (Å²) in [5, 5.41) is 14.9. The fourth-order valence-corrected chi connectivity index (χ4v) is 2.71. The number of β-amino-alcohol motifs (C(OH)–C–C–N with tert-alkyl or cyclic N) is 1. The van der Waals surface area contributed by atoms with Crippen LogP contribution in [-0.2, 0) is 9.53 Å². The van der Waals surface area contributed by atoms with Gasteiger partial charge in [0.25, 0.3) is 5.91 Å². The smallest absolute Gasteiger partial charge is 0.270 e. The lowest BCUT2D eigenvalue weighted by Gasteiger charge is -2.30. The largest absolute Gasteiger partial charge is 0.384 e. The minimum Gasteiger partial charge on any atom is -0.384 e. The molecule has 1 aliphatic heterocycles. The fourth-order valence-electron chi connectivity index (χ4n) is 2.18. The topological polar surface area (TPSA) is 118 Å². The van der Waals surface area contributed by atoms with E-state index in [4.69, 9.17) is 10.5 Å². The summed E-state index contributed by atoms with van der Waals surface area (Å²) in [6.45, 7) is 1.14. The Kier molecular flexibility index (Phi) is 5.83. The third kappa shape index (κ3) is 4.47. The monoisotopic (exact) mass is 328 g/mol. The molecule has 0 bridgehead atoms. The Bertz CT molecular complexity index is 510. The molecular formula is C13H20N4O4S. The van der Waals surface area contributed by atoms with E-state index >= 15 is 0 Å². The average Bonchev–Trinajstić information content (AvgIpc) is 2.96. The van der Waals surface area contributed by atoms with Gasteiger partial charge in [-0.25, -0.2) is 4.98 Å². The van der Waals surface area contributed by atoms with Crippen molar-refractivity contribution < 1.29 is 19.4 Å². The highest BCUT2D eigenvalue weighted by molar-refractivity contribution is 7.07. The Morgan fingerprint density at radius 1 is 1.59 bits per heavy atom. The molecule has 22 heavy (non-hydrogen) atoms. The molecule has 1 atom stereocenters. The first-order valence-electron chi connectivity index (χ1n) is 6.98. The summed E-state index contributed by atoms with van der Waals surface area (Å²) in [5.41, 5.74) is 5.93. The van der Waals surface area contributed by atoms with Gasteiger partial charge in [0.2, 0.25) is 5.91 Å². The van der Waals surface area contributed by atoms with E-state index in [2.05, 4.69) is 10.3 Å². The third-order valence-electron chi connectivity index (χ3n) is 3.32. The maximum absolute atomic E-state index is 11.9. The Morgan fingerprint density at radius 3 is 3.09 bits per heavy atom. The number of thiazole rings is 1. The number of rotatable bonds is 5. The summed E-state index contributed by atoms with van der Waals surface area (Å²) in [6, 6.07) is 0. The molecule has 1 saturated heterocycles. The maximum Gasteiger partial charge on any atom is 0.270 e.